The van der Waals surface area contributed by atoms with Crippen LogP contribution in [0, 0.1) is 0 Å². The Hall–Kier alpha value is -3.23. The number of hydrogen-bond donors (Lipinski definition) is 3. The summed E-state index contributed by atoms with van der Waals surface area (Å²) in [6.45, 7) is 0.545. The molecule has 1 aromatic carbocycles. The molecule has 4 rings (SSSR count). The summed E-state index contributed by atoms with van der Waals surface area (Å²) in [4.78, 5) is 11.8. The van der Waals surface area contributed by atoms with Gasteiger partial charge in [-0.3, -0.25) is 4.98 Å². The molecule has 27 heavy (non-hydrogen) atoms. The van der Waals surface area contributed by atoms with Crippen LogP contribution in [0.25, 0.3) is 22.2 Å². The first-order chi connectivity index (χ1) is 13.0. The lowest BCUT2D eigenvalue weighted by Gasteiger charge is -2.12. The Labute approximate surface area is 156 Å². The summed E-state index contributed by atoms with van der Waals surface area (Å²) >= 11 is 0. The molecule has 4 N–H and O–H groups in total. The maximum absolute atomic E-state index is 12.0. The zero-order chi connectivity index (χ0) is 18.9. The van der Waals surface area contributed by atoms with Crippen LogP contribution in [0.15, 0.2) is 72.0 Å². The van der Waals surface area contributed by atoms with Gasteiger partial charge < -0.3 is 10.3 Å². The minimum absolute atomic E-state index is 0.0805. The third-order valence-electron chi connectivity index (χ3n) is 4.21. The zero-order valence-corrected chi connectivity index (χ0v) is 15.1. The van der Waals surface area contributed by atoms with Crippen LogP contribution in [0.5, 0.6) is 0 Å². The van der Waals surface area contributed by atoms with Crippen LogP contribution in [-0.4, -0.2) is 23.4 Å². The first kappa shape index (κ1) is 17.2. The molecule has 4 aromatic rings. The second kappa shape index (κ2) is 6.82. The van der Waals surface area contributed by atoms with Gasteiger partial charge in [0, 0.05) is 36.1 Å². The van der Waals surface area contributed by atoms with Crippen LogP contribution in [0.3, 0.4) is 0 Å². The Bertz CT molecular complexity index is 1200. The first-order valence-corrected chi connectivity index (χ1v) is 9.80. The molecule has 0 amide bonds. The van der Waals surface area contributed by atoms with Gasteiger partial charge in [-0.1, -0.05) is 24.3 Å². The van der Waals surface area contributed by atoms with Crippen LogP contribution < -0.4 is 10.5 Å². The number of hydrogen-bond acceptors (Lipinski definition) is 5. The third kappa shape index (κ3) is 3.53. The highest BCUT2D eigenvalue weighted by atomic mass is 32.2. The largest absolute Gasteiger partial charge is 0.366 e. The number of nitrogens with zero attached hydrogens (tertiary/aromatic N) is 2. The molecule has 0 saturated carbocycles. The van der Waals surface area contributed by atoms with Gasteiger partial charge in [0.25, 0.3) is 0 Å². The normalized spacial score (nSPS) is 11.6. The van der Waals surface area contributed by atoms with Crippen molar-refractivity contribution < 1.29 is 8.42 Å². The van der Waals surface area contributed by atoms with Crippen molar-refractivity contribution in [2.24, 2.45) is 5.14 Å². The molecule has 7 nitrogen and oxygen atoms in total. The number of fused-ring (bicyclic) bond motifs is 1. The quantitative estimate of drug-likeness (QED) is 0.493. The SMILES string of the molecule is NS(=O)(=O)c1ccccc1-c1cc(NCc2cccnc2)nc2[nH]ccc12. The van der Waals surface area contributed by atoms with Gasteiger partial charge in [0.05, 0.1) is 4.90 Å². The molecule has 0 spiro atoms. The molecule has 3 heterocycles. The van der Waals surface area contributed by atoms with Crippen LogP contribution >= 0.6 is 0 Å². The lowest BCUT2D eigenvalue weighted by Crippen LogP contribution is -2.13. The van der Waals surface area contributed by atoms with Gasteiger partial charge in [-0.05, 0) is 35.4 Å². The number of nitrogens with one attached hydrogen (secondary N) is 2. The molecule has 8 heteroatoms. The van der Waals surface area contributed by atoms with Gasteiger partial charge in [-0.2, -0.15) is 0 Å². The highest BCUT2D eigenvalue weighted by Crippen LogP contribution is 2.33. The Morgan fingerprint density at radius 3 is 2.70 bits per heavy atom. The summed E-state index contributed by atoms with van der Waals surface area (Å²) in [7, 11) is -3.86. The molecule has 0 atom stereocenters. The molecule has 0 aliphatic rings. The van der Waals surface area contributed by atoms with Crippen LogP contribution in [-0.2, 0) is 16.6 Å². The van der Waals surface area contributed by atoms with E-state index in [-0.39, 0.29) is 4.90 Å². The maximum atomic E-state index is 12.0. The molecular formula is C19H17N5O2S. The van der Waals surface area contributed by atoms with Crippen LogP contribution in [0.4, 0.5) is 5.82 Å². The number of H-pyrrole nitrogens is 1. The number of aromatic amines is 1. The average Bonchev–Trinajstić information content (AvgIpc) is 3.14. The van der Waals surface area contributed by atoms with Crippen molar-refractivity contribution in [3.05, 3.63) is 72.7 Å². The smallest absolute Gasteiger partial charge is 0.238 e. The number of aromatic nitrogens is 3. The van der Waals surface area contributed by atoms with Gasteiger partial charge in [-0.25, -0.2) is 18.5 Å². The Balaban J connectivity index is 1.81. The summed E-state index contributed by atoms with van der Waals surface area (Å²) in [5.41, 5.74) is 2.94. The van der Waals surface area contributed by atoms with E-state index >= 15 is 0 Å². The highest BCUT2D eigenvalue weighted by molar-refractivity contribution is 7.89. The minimum Gasteiger partial charge on any atom is -0.366 e. The van der Waals surface area contributed by atoms with E-state index in [2.05, 4.69) is 20.3 Å². The fourth-order valence-corrected chi connectivity index (χ4v) is 3.74. The number of rotatable bonds is 5. The summed E-state index contributed by atoms with van der Waals surface area (Å²) in [6.07, 6.45) is 5.26. The van der Waals surface area contributed by atoms with Crippen molar-refractivity contribution in [3.8, 4) is 11.1 Å². The number of primary sulfonamides is 1. The number of pyridine rings is 2. The molecule has 136 valence electrons. The average molecular weight is 379 g/mol. The first-order valence-electron chi connectivity index (χ1n) is 8.25. The predicted octanol–water partition coefficient (Wildman–Crippen LogP) is 2.88. The van der Waals surface area contributed by atoms with E-state index in [1.54, 1.807) is 36.8 Å². The Morgan fingerprint density at radius 2 is 1.93 bits per heavy atom. The van der Waals surface area contributed by atoms with Crippen molar-refractivity contribution >= 4 is 26.9 Å². The van der Waals surface area contributed by atoms with Gasteiger partial charge in [-0.15, -0.1) is 0 Å². The van der Waals surface area contributed by atoms with E-state index in [1.807, 2.05) is 24.3 Å². The predicted molar refractivity (Wildman–Crippen MR) is 104 cm³/mol. The van der Waals surface area contributed by atoms with E-state index in [9.17, 15) is 8.42 Å². The van der Waals surface area contributed by atoms with E-state index in [1.165, 1.54) is 6.07 Å². The summed E-state index contributed by atoms with van der Waals surface area (Å²) < 4.78 is 24.1. The van der Waals surface area contributed by atoms with Crippen LogP contribution in [0.2, 0.25) is 0 Å². The second-order valence-electron chi connectivity index (χ2n) is 6.05. The Kier molecular flexibility index (Phi) is 4.35. The molecule has 0 aliphatic carbocycles. The van der Waals surface area contributed by atoms with Gasteiger partial charge in [0.15, 0.2) is 0 Å². The fraction of sp³-hybridized carbons (Fsp3) is 0.0526. The van der Waals surface area contributed by atoms with Crippen LogP contribution in [0.1, 0.15) is 5.56 Å². The number of nitrogens with two attached hydrogens (primary N) is 1. The van der Waals surface area contributed by atoms with E-state index in [4.69, 9.17) is 5.14 Å². The topological polar surface area (TPSA) is 114 Å². The summed E-state index contributed by atoms with van der Waals surface area (Å²) in [6, 6.07) is 14.2. The fourth-order valence-electron chi connectivity index (χ4n) is 2.98. The highest BCUT2D eigenvalue weighted by Gasteiger charge is 2.18. The molecule has 0 unspecified atom stereocenters. The van der Waals surface area contributed by atoms with Crippen molar-refractivity contribution in [3.63, 3.8) is 0 Å². The van der Waals surface area contributed by atoms with Crippen molar-refractivity contribution in [1.82, 2.24) is 15.0 Å². The molecule has 0 radical (unpaired) electrons. The molecule has 0 saturated heterocycles. The van der Waals surface area contributed by atoms with Gasteiger partial charge in [0.1, 0.15) is 11.5 Å². The van der Waals surface area contributed by atoms with Gasteiger partial charge in [0.2, 0.25) is 10.0 Å². The van der Waals surface area contributed by atoms with Gasteiger partial charge >= 0.3 is 0 Å². The summed E-state index contributed by atoms with van der Waals surface area (Å²) in [5, 5.41) is 9.49. The van der Waals surface area contributed by atoms with Crippen molar-refractivity contribution in [1.29, 1.82) is 0 Å². The van der Waals surface area contributed by atoms with E-state index < -0.39 is 10.0 Å². The lowest BCUT2D eigenvalue weighted by atomic mass is 10.0. The molecule has 0 fully saturated rings. The van der Waals surface area contributed by atoms with E-state index in [0.717, 1.165) is 16.5 Å². The Morgan fingerprint density at radius 1 is 1.07 bits per heavy atom. The molecule has 3 aromatic heterocycles. The summed E-state index contributed by atoms with van der Waals surface area (Å²) in [5.74, 6) is 0.619. The molecular weight excluding hydrogens is 362 g/mol. The number of sulfonamides is 1. The molecule has 0 aliphatic heterocycles. The minimum atomic E-state index is -3.86. The van der Waals surface area contributed by atoms with E-state index in [0.29, 0.717) is 23.6 Å². The number of anilines is 1. The second-order valence-corrected chi connectivity index (χ2v) is 7.58. The maximum Gasteiger partial charge on any atom is 0.238 e. The van der Waals surface area contributed by atoms with Crippen molar-refractivity contribution in [2.75, 3.05) is 5.32 Å². The zero-order valence-electron chi connectivity index (χ0n) is 14.3. The lowest BCUT2D eigenvalue weighted by molar-refractivity contribution is 0.598. The monoisotopic (exact) mass is 379 g/mol. The van der Waals surface area contributed by atoms with Crippen molar-refractivity contribution in [2.45, 2.75) is 11.4 Å². The molecule has 0 bridgehead atoms. The standard InChI is InChI=1S/C19H17N5O2S/c20-27(25,26)17-6-2-1-5-14(17)16-10-18(24-19-15(16)7-9-22-19)23-12-13-4-3-8-21-11-13/h1-11H,12H2,(H2,20,25,26)(H2,22,23,24). The third-order valence-corrected chi connectivity index (χ3v) is 5.18. The number of benzene rings is 1.